The largest absolute Gasteiger partial charge is 0.371 e. The van der Waals surface area contributed by atoms with Crippen molar-refractivity contribution in [1.29, 1.82) is 0 Å². The van der Waals surface area contributed by atoms with E-state index in [1.165, 1.54) is 5.69 Å². The third kappa shape index (κ3) is 3.73. The van der Waals surface area contributed by atoms with Crippen molar-refractivity contribution in [3.63, 3.8) is 0 Å². The molecule has 2 fully saturated rings. The number of anilines is 1. The van der Waals surface area contributed by atoms with E-state index in [1.54, 1.807) is 24.5 Å². The maximum Gasteiger partial charge on any atom is 0.244 e. The van der Waals surface area contributed by atoms with Gasteiger partial charge in [0.1, 0.15) is 0 Å². The molecule has 1 aromatic carbocycles. The lowest BCUT2D eigenvalue weighted by Gasteiger charge is -2.21. The van der Waals surface area contributed by atoms with Crippen LogP contribution in [0.3, 0.4) is 0 Å². The summed E-state index contributed by atoms with van der Waals surface area (Å²) in [7, 11) is 0. The third-order valence-electron chi connectivity index (χ3n) is 5.38. The van der Waals surface area contributed by atoms with Crippen LogP contribution in [0.1, 0.15) is 12.0 Å². The molecule has 1 saturated carbocycles. The molecular formula is C21H23N3O. The number of carbonyl (C=O) groups excluding carboxylic acids is 1. The zero-order chi connectivity index (χ0) is 17.1. The molecule has 1 amide bonds. The Morgan fingerprint density at radius 2 is 1.96 bits per heavy atom. The number of hydrogen-bond donors (Lipinski definition) is 1. The summed E-state index contributed by atoms with van der Waals surface area (Å²) in [5.41, 5.74) is 2.28. The third-order valence-corrected chi connectivity index (χ3v) is 5.38. The molecule has 0 radical (unpaired) electrons. The molecule has 2 aliphatic rings. The number of hydrogen-bond acceptors (Lipinski definition) is 3. The Balaban J connectivity index is 1.17. The Hall–Kier alpha value is -2.62. The van der Waals surface area contributed by atoms with Gasteiger partial charge in [-0.3, -0.25) is 9.78 Å². The van der Waals surface area contributed by atoms with Crippen LogP contribution >= 0.6 is 0 Å². The van der Waals surface area contributed by atoms with E-state index < -0.39 is 0 Å². The standard InChI is InChI=1S/C21H23N3O/c25-21(9-8-16-5-4-11-22-13-16)23-12-10-18-19-14-24(15-20(18)19)17-6-2-1-3-7-17/h1-9,11,13,18-20H,10,12,14-15H2,(H,23,25)/b9-8+/t18?,19-,20+. The molecule has 1 aromatic heterocycles. The van der Waals surface area contributed by atoms with Crippen molar-refractivity contribution in [3.8, 4) is 0 Å². The van der Waals surface area contributed by atoms with Gasteiger partial charge in [-0.05, 0) is 54.0 Å². The molecule has 1 N–H and O–H groups in total. The van der Waals surface area contributed by atoms with Crippen molar-refractivity contribution in [2.45, 2.75) is 6.42 Å². The summed E-state index contributed by atoms with van der Waals surface area (Å²) in [5, 5.41) is 3.00. The fraction of sp³-hybridized carbons (Fsp3) is 0.333. The highest BCUT2D eigenvalue weighted by Gasteiger charge is 2.54. The maximum atomic E-state index is 11.9. The molecule has 2 aromatic rings. The number of para-hydroxylation sites is 1. The summed E-state index contributed by atoms with van der Waals surface area (Å²) >= 11 is 0. The van der Waals surface area contributed by atoms with Gasteiger partial charge in [0.15, 0.2) is 0 Å². The summed E-state index contributed by atoms with van der Waals surface area (Å²) in [5.74, 6) is 2.37. The SMILES string of the molecule is O=C(/C=C/c1cccnc1)NCCC1[C@H]2CN(c3ccccc3)C[C@@H]12. The minimum absolute atomic E-state index is 0.0272. The quantitative estimate of drug-likeness (QED) is 0.827. The van der Waals surface area contributed by atoms with Crippen molar-refractivity contribution < 1.29 is 4.79 Å². The summed E-state index contributed by atoms with van der Waals surface area (Å²) in [6, 6.07) is 14.4. The average Bonchev–Trinajstić information content (AvgIpc) is 3.11. The molecule has 2 heterocycles. The van der Waals surface area contributed by atoms with E-state index in [0.717, 1.165) is 49.4 Å². The van der Waals surface area contributed by atoms with Crippen LogP contribution in [0.5, 0.6) is 0 Å². The van der Waals surface area contributed by atoms with Gasteiger partial charge < -0.3 is 10.2 Å². The molecular weight excluding hydrogens is 310 g/mol. The van der Waals surface area contributed by atoms with Gasteiger partial charge in [0.2, 0.25) is 5.91 Å². The first-order valence-corrected chi connectivity index (χ1v) is 8.97. The van der Waals surface area contributed by atoms with Crippen LogP contribution in [-0.2, 0) is 4.79 Å². The van der Waals surface area contributed by atoms with Crippen molar-refractivity contribution in [2.75, 3.05) is 24.5 Å². The van der Waals surface area contributed by atoms with E-state index in [2.05, 4.69) is 45.5 Å². The lowest BCUT2D eigenvalue weighted by atomic mass is 10.2. The number of piperidine rings is 1. The fourth-order valence-corrected chi connectivity index (χ4v) is 3.99. The van der Waals surface area contributed by atoms with Gasteiger partial charge in [-0.15, -0.1) is 0 Å². The smallest absolute Gasteiger partial charge is 0.244 e. The first kappa shape index (κ1) is 15.9. The van der Waals surface area contributed by atoms with E-state index in [4.69, 9.17) is 0 Å². The number of pyridine rings is 1. The molecule has 25 heavy (non-hydrogen) atoms. The van der Waals surface area contributed by atoms with Gasteiger partial charge in [-0.25, -0.2) is 0 Å². The highest BCUT2D eigenvalue weighted by Crippen LogP contribution is 2.54. The molecule has 1 aliphatic carbocycles. The monoisotopic (exact) mass is 333 g/mol. The Kier molecular flexibility index (Phi) is 4.51. The van der Waals surface area contributed by atoms with Crippen LogP contribution in [0.25, 0.3) is 6.08 Å². The zero-order valence-electron chi connectivity index (χ0n) is 14.2. The summed E-state index contributed by atoms with van der Waals surface area (Å²) in [6.07, 6.45) is 7.94. The maximum absolute atomic E-state index is 11.9. The number of nitrogens with zero attached hydrogens (tertiary/aromatic N) is 2. The topological polar surface area (TPSA) is 45.2 Å². The van der Waals surface area contributed by atoms with E-state index in [0.29, 0.717) is 0 Å². The normalized spacial score (nSPS) is 24.3. The summed E-state index contributed by atoms with van der Waals surface area (Å²) in [4.78, 5) is 18.4. The summed E-state index contributed by atoms with van der Waals surface area (Å²) in [6.45, 7) is 3.08. The molecule has 4 rings (SSSR count). The number of aromatic nitrogens is 1. The highest BCUT2D eigenvalue weighted by molar-refractivity contribution is 5.91. The zero-order valence-corrected chi connectivity index (χ0v) is 14.2. The second-order valence-electron chi connectivity index (χ2n) is 6.93. The van der Waals surface area contributed by atoms with E-state index in [1.807, 2.05) is 12.1 Å². The number of amides is 1. The Labute approximate surface area is 148 Å². The number of nitrogens with one attached hydrogen (secondary N) is 1. The minimum atomic E-state index is -0.0272. The van der Waals surface area contributed by atoms with Gasteiger partial charge in [0.25, 0.3) is 0 Å². The molecule has 0 bridgehead atoms. The van der Waals surface area contributed by atoms with Crippen molar-refractivity contribution in [2.24, 2.45) is 17.8 Å². The molecule has 128 valence electrons. The Morgan fingerprint density at radius 1 is 1.16 bits per heavy atom. The van der Waals surface area contributed by atoms with Crippen molar-refractivity contribution >= 4 is 17.7 Å². The average molecular weight is 333 g/mol. The van der Waals surface area contributed by atoms with Gasteiger partial charge >= 0.3 is 0 Å². The number of benzene rings is 1. The molecule has 4 nitrogen and oxygen atoms in total. The van der Waals surface area contributed by atoms with Gasteiger partial charge in [0, 0.05) is 43.8 Å². The Bertz CT molecular complexity index is 732. The number of rotatable bonds is 6. The van der Waals surface area contributed by atoms with Crippen molar-refractivity contribution in [3.05, 3.63) is 66.5 Å². The predicted molar refractivity (Wildman–Crippen MR) is 100 cm³/mol. The van der Waals surface area contributed by atoms with Crippen LogP contribution in [-0.4, -0.2) is 30.5 Å². The van der Waals surface area contributed by atoms with Gasteiger partial charge in [-0.2, -0.15) is 0 Å². The van der Waals surface area contributed by atoms with Crippen LogP contribution in [0.2, 0.25) is 0 Å². The minimum Gasteiger partial charge on any atom is -0.371 e. The highest BCUT2D eigenvalue weighted by atomic mass is 16.1. The number of fused-ring (bicyclic) bond motifs is 1. The van der Waals surface area contributed by atoms with Crippen molar-refractivity contribution in [1.82, 2.24) is 10.3 Å². The van der Waals surface area contributed by atoms with Crippen LogP contribution in [0.15, 0.2) is 60.9 Å². The molecule has 1 unspecified atom stereocenters. The summed E-state index contributed by atoms with van der Waals surface area (Å²) < 4.78 is 0. The van der Waals surface area contributed by atoms with Gasteiger partial charge in [0.05, 0.1) is 0 Å². The molecule has 3 atom stereocenters. The lowest BCUT2D eigenvalue weighted by molar-refractivity contribution is -0.116. The first-order valence-electron chi connectivity index (χ1n) is 8.97. The first-order chi connectivity index (χ1) is 12.3. The lowest BCUT2D eigenvalue weighted by Crippen LogP contribution is -2.26. The second kappa shape index (κ2) is 7.09. The number of carbonyl (C=O) groups is 1. The Morgan fingerprint density at radius 3 is 2.68 bits per heavy atom. The van der Waals surface area contributed by atoms with Crippen LogP contribution in [0, 0.1) is 17.8 Å². The second-order valence-corrected chi connectivity index (χ2v) is 6.93. The molecule has 1 saturated heterocycles. The van der Waals surface area contributed by atoms with Crippen LogP contribution in [0.4, 0.5) is 5.69 Å². The van der Waals surface area contributed by atoms with E-state index >= 15 is 0 Å². The van der Waals surface area contributed by atoms with E-state index in [-0.39, 0.29) is 5.91 Å². The van der Waals surface area contributed by atoms with Crippen LogP contribution < -0.4 is 10.2 Å². The van der Waals surface area contributed by atoms with E-state index in [9.17, 15) is 4.79 Å². The molecule has 4 heteroatoms. The predicted octanol–water partition coefficient (Wildman–Crippen LogP) is 2.98. The van der Waals surface area contributed by atoms with Gasteiger partial charge in [-0.1, -0.05) is 24.3 Å². The fourth-order valence-electron chi connectivity index (χ4n) is 3.99. The molecule has 1 aliphatic heterocycles. The molecule has 0 spiro atoms.